The van der Waals surface area contributed by atoms with Gasteiger partial charge in [-0.1, -0.05) is 48.0 Å². The topological polar surface area (TPSA) is 94.8 Å². The molecule has 7 heteroatoms. The Morgan fingerprint density at radius 2 is 1.67 bits per heavy atom. The SMILES string of the molecule is Cc1ccc(OCCCC(=O)Oc2ccc3cc(C(=O)NCCc4ccccc4)c(=O)oc3c2)cc1. The Bertz CT molecular complexity index is 1390. The molecular formula is C29H27NO6. The summed E-state index contributed by atoms with van der Waals surface area (Å²) in [6.07, 6.45) is 1.33. The van der Waals surface area contributed by atoms with Crippen LogP contribution in [-0.4, -0.2) is 25.0 Å². The fourth-order valence-corrected chi connectivity index (χ4v) is 3.60. The summed E-state index contributed by atoms with van der Waals surface area (Å²) >= 11 is 0. The van der Waals surface area contributed by atoms with Gasteiger partial charge in [0.25, 0.3) is 5.91 Å². The van der Waals surface area contributed by atoms with Crippen LogP contribution in [0.5, 0.6) is 11.5 Å². The smallest absolute Gasteiger partial charge is 0.349 e. The second kappa shape index (κ2) is 11.8. The van der Waals surface area contributed by atoms with Gasteiger partial charge in [-0.15, -0.1) is 0 Å². The lowest BCUT2D eigenvalue weighted by molar-refractivity contribution is -0.134. The minimum absolute atomic E-state index is 0.0751. The number of nitrogens with one attached hydrogen (secondary N) is 1. The van der Waals surface area contributed by atoms with E-state index in [0.29, 0.717) is 31.4 Å². The minimum Gasteiger partial charge on any atom is -0.494 e. The number of amides is 1. The standard InChI is InChI=1S/C29H27NO6/c1-20-9-12-23(13-10-20)34-17-5-8-27(31)35-24-14-11-22-18-25(29(33)36-26(22)19-24)28(32)30-16-15-21-6-3-2-4-7-21/h2-4,6-7,9-14,18-19H,5,8,15-17H2,1H3,(H,30,32). The molecule has 3 aromatic carbocycles. The predicted octanol–water partition coefficient (Wildman–Crippen LogP) is 4.84. The van der Waals surface area contributed by atoms with Crippen molar-refractivity contribution in [2.24, 2.45) is 0 Å². The van der Waals surface area contributed by atoms with Gasteiger partial charge < -0.3 is 19.2 Å². The molecule has 0 unspecified atom stereocenters. The molecule has 0 aliphatic carbocycles. The third-order valence-electron chi connectivity index (χ3n) is 5.54. The van der Waals surface area contributed by atoms with Crippen molar-refractivity contribution in [2.45, 2.75) is 26.2 Å². The zero-order valence-corrected chi connectivity index (χ0v) is 20.0. The monoisotopic (exact) mass is 485 g/mol. The Morgan fingerprint density at radius 3 is 2.44 bits per heavy atom. The third-order valence-corrected chi connectivity index (χ3v) is 5.54. The number of hydrogen-bond donors (Lipinski definition) is 1. The van der Waals surface area contributed by atoms with Crippen LogP contribution in [0.3, 0.4) is 0 Å². The highest BCUT2D eigenvalue weighted by atomic mass is 16.5. The first kappa shape index (κ1) is 24.7. The molecule has 0 saturated heterocycles. The van der Waals surface area contributed by atoms with E-state index in [-0.39, 0.29) is 23.3 Å². The molecule has 4 aromatic rings. The molecule has 0 aliphatic rings. The summed E-state index contributed by atoms with van der Waals surface area (Å²) in [5.41, 5.74) is 1.64. The van der Waals surface area contributed by atoms with E-state index in [1.807, 2.05) is 61.5 Å². The van der Waals surface area contributed by atoms with E-state index in [0.717, 1.165) is 16.9 Å². The highest BCUT2D eigenvalue weighted by Gasteiger charge is 2.14. The van der Waals surface area contributed by atoms with Crippen molar-refractivity contribution in [2.75, 3.05) is 13.2 Å². The van der Waals surface area contributed by atoms with Crippen molar-refractivity contribution < 1.29 is 23.5 Å². The predicted molar refractivity (Wildman–Crippen MR) is 137 cm³/mol. The van der Waals surface area contributed by atoms with Crippen molar-refractivity contribution in [1.82, 2.24) is 5.32 Å². The molecular weight excluding hydrogens is 458 g/mol. The van der Waals surface area contributed by atoms with Crippen LogP contribution in [0.4, 0.5) is 0 Å². The van der Waals surface area contributed by atoms with Crippen LogP contribution in [0.25, 0.3) is 11.0 Å². The van der Waals surface area contributed by atoms with Crippen molar-refractivity contribution in [3.8, 4) is 11.5 Å². The second-order valence-electron chi connectivity index (χ2n) is 8.38. The molecule has 1 aromatic heterocycles. The minimum atomic E-state index is -0.753. The lowest BCUT2D eigenvalue weighted by Gasteiger charge is -2.08. The number of fused-ring (bicyclic) bond motifs is 1. The fourth-order valence-electron chi connectivity index (χ4n) is 3.60. The summed E-state index contributed by atoms with van der Waals surface area (Å²) in [4.78, 5) is 37.1. The van der Waals surface area contributed by atoms with Gasteiger partial charge in [0, 0.05) is 24.4 Å². The first-order valence-corrected chi connectivity index (χ1v) is 11.8. The molecule has 1 heterocycles. The quantitative estimate of drug-likeness (QED) is 0.150. The number of ether oxygens (including phenoxy) is 2. The van der Waals surface area contributed by atoms with Crippen molar-refractivity contribution >= 4 is 22.8 Å². The average Bonchev–Trinajstić information content (AvgIpc) is 2.88. The largest absolute Gasteiger partial charge is 0.494 e. The molecule has 0 fully saturated rings. The number of aryl methyl sites for hydroxylation is 1. The normalized spacial score (nSPS) is 10.7. The van der Waals surface area contributed by atoms with Crippen LogP contribution in [0.1, 0.15) is 34.3 Å². The molecule has 0 spiro atoms. The van der Waals surface area contributed by atoms with E-state index in [1.54, 1.807) is 12.1 Å². The highest BCUT2D eigenvalue weighted by molar-refractivity contribution is 5.96. The Morgan fingerprint density at radius 1 is 0.917 bits per heavy atom. The number of benzene rings is 3. The lowest BCUT2D eigenvalue weighted by atomic mass is 10.1. The van der Waals surface area contributed by atoms with Gasteiger partial charge in [-0.05, 0) is 55.7 Å². The van der Waals surface area contributed by atoms with E-state index in [1.165, 1.54) is 12.1 Å². The van der Waals surface area contributed by atoms with E-state index in [2.05, 4.69) is 5.32 Å². The second-order valence-corrected chi connectivity index (χ2v) is 8.38. The summed E-state index contributed by atoms with van der Waals surface area (Å²) in [6.45, 7) is 2.79. The number of hydrogen-bond acceptors (Lipinski definition) is 6. The van der Waals surface area contributed by atoms with Gasteiger partial charge in [0.1, 0.15) is 22.6 Å². The van der Waals surface area contributed by atoms with Crippen molar-refractivity contribution in [1.29, 1.82) is 0 Å². The first-order valence-electron chi connectivity index (χ1n) is 11.8. The maximum Gasteiger partial charge on any atom is 0.349 e. The van der Waals surface area contributed by atoms with Gasteiger partial charge >= 0.3 is 11.6 Å². The number of carbonyl (C=O) groups excluding carboxylic acids is 2. The zero-order valence-electron chi connectivity index (χ0n) is 20.0. The number of carbonyl (C=O) groups is 2. The van der Waals surface area contributed by atoms with E-state index < -0.39 is 17.5 Å². The van der Waals surface area contributed by atoms with Crippen LogP contribution in [0, 0.1) is 6.92 Å². The Labute approximate surface area is 208 Å². The zero-order chi connectivity index (χ0) is 25.3. The molecule has 1 N–H and O–H groups in total. The van der Waals surface area contributed by atoms with Gasteiger partial charge in [0.05, 0.1) is 6.61 Å². The highest BCUT2D eigenvalue weighted by Crippen LogP contribution is 2.21. The number of rotatable bonds is 10. The van der Waals surface area contributed by atoms with Gasteiger partial charge in [0.2, 0.25) is 0 Å². The Hall–Kier alpha value is -4.39. The van der Waals surface area contributed by atoms with Crippen LogP contribution in [0.15, 0.2) is 88.1 Å². The summed E-state index contributed by atoms with van der Waals surface area (Å²) in [7, 11) is 0. The summed E-state index contributed by atoms with van der Waals surface area (Å²) in [5, 5.41) is 3.30. The number of esters is 1. The van der Waals surface area contributed by atoms with Crippen LogP contribution in [-0.2, 0) is 11.2 Å². The molecule has 36 heavy (non-hydrogen) atoms. The van der Waals surface area contributed by atoms with E-state index >= 15 is 0 Å². The molecule has 0 atom stereocenters. The molecule has 0 aliphatic heterocycles. The summed E-state index contributed by atoms with van der Waals surface area (Å²) in [5.74, 6) is 0.0986. The van der Waals surface area contributed by atoms with Gasteiger partial charge in [-0.25, -0.2) is 4.79 Å². The molecule has 184 valence electrons. The third kappa shape index (κ3) is 6.82. The maximum absolute atomic E-state index is 12.5. The Kier molecular flexibility index (Phi) is 8.13. The van der Waals surface area contributed by atoms with Crippen molar-refractivity contribution in [3.05, 3.63) is 106 Å². The van der Waals surface area contributed by atoms with E-state index in [4.69, 9.17) is 13.9 Å². The van der Waals surface area contributed by atoms with E-state index in [9.17, 15) is 14.4 Å². The van der Waals surface area contributed by atoms with Gasteiger partial charge in [0.15, 0.2) is 0 Å². The molecule has 1 amide bonds. The van der Waals surface area contributed by atoms with Crippen LogP contribution < -0.4 is 20.4 Å². The molecule has 7 nitrogen and oxygen atoms in total. The fraction of sp³-hybridized carbons (Fsp3) is 0.207. The van der Waals surface area contributed by atoms with Crippen LogP contribution in [0.2, 0.25) is 0 Å². The average molecular weight is 486 g/mol. The summed E-state index contributed by atoms with van der Waals surface area (Å²) < 4.78 is 16.3. The van der Waals surface area contributed by atoms with Gasteiger partial charge in [-0.3, -0.25) is 9.59 Å². The molecule has 4 rings (SSSR count). The molecule has 0 bridgehead atoms. The summed E-state index contributed by atoms with van der Waals surface area (Å²) in [6, 6.07) is 23.6. The molecule has 0 saturated carbocycles. The Balaban J connectivity index is 1.29. The van der Waals surface area contributed by atoms with Crippen molar-refractivity contribution in [3.63, 3.8) is 0 Å². The maximum atomic E-state index is 12.5. The first-order chi connectivity index (χ1) is 17.5. The van der Waals surface area contributed by atoms with Crippen LogP contribution >= 0.6 is 0 Å². The molecule has 0 radical (unpaired) electrons. The lowest BCUT2D eigenvalue weighted by Crippen LogP contribution is -2.29. The van der Waals surface area contributed by atoms with Gasteiger partial charge in [-0.2, -0.15) is 0 Å².